The van der Waals surface area contributed by atoms with Gasteiger partial charge in [0.15, 0.2) is 0 Å². The quantitative estimate of drug-likeness (QED) is 0.722. The van der Waals surface area contributed by atoms with Gasteiger partial charge >= 0.3 is 0 Å². The Morgan fingerprint density at radius 3 is 2.59 bits per heavy atom. The number of allylic oxidation sites excluding steroid dienone is 2. The van der Waals surface area contributed by atoms with Gasteiger partial charge in [-0.1, -0.05) is 36.4 Å². The third kappa shape index (κ3) is 3.43. The number of aliphatic hydroxyl groups excluding tert-OH is 1. The molecular formula is C18H20N4O4S. The van der Waals surface area contributed by atoms with Crippen LogP contribution >= 0.6 is 0 Å². The van der Waals surface area contributed by atoms with Crippen LogP contribution in [-0.2, 0) is 27.9 Å². The molecule has 1 aliphatic heterocycles. The van der Waals surface area contributed by atoms with Crippen molar-refractivity contribution in [1.29, 1.82) is 5.41 Å². The summed E-state index contributed by atoms with van der Waals surface area (Å²) in [6.45, 7) is 1.63. The lowest BCUT2D eigenvalue weighted by atomic mass is 9.98. The van der Waals surface area contributed by atoms with Crippen molar-refractivity contribution < 1.29 is 18.3 Å². The van der Waals surface area contributed by atoms with Gasteiger partial charge < -0.3 is 15.4 Å². The minimum absolute atomic E-state index is 0.152. The van der Waals surface area contributed by atoms with Crippen molar-refractivity contribution in [1.82, 2.24) is 14.1 Å². The van der Waals surface area contributed by atoms with E-state index in [1.165, 1.54) is 19.2 Å². The van der Waals surface area contributed by atoms with Crippen molar-refractivity contribution in [2.75, 3.05) is 6.61 Å². The molecular weight excluding hydrogens is 368 g/mol. The Morgan fingerprint density at radius 1 is 1.33 bits per heavy atom. The number of rotatable bonds is 6. The zero-order valence-corrected chi connectivity index (χ0v) is 15.6. The topological polar surface area (TPSA) is 116 Å². The minimum Gasteiger partial charge on any atom is -0.395 e. The summed E-state index contributed by atoms with van der Waals surface area (Å²) >= 11 is 0. The van der Waals surface area contributed by atoms with Crippen LogP contribution in [0.25, 0.3) is 0 Å². The molecule has 2 aromatic rings. The normalized spacial score (nSPS) is 15.5. The monoisotopic (exact) mass is 388 g/mol. The van der Waals surface area contributed by atoms with Gasteiger partial charge in [0.1, 0.15) is 4.91 Å². The summed E-state index contributed by atoms with van der Waals surface area (Å²) in [6, 6.07) is 9.03. The van der Waals surface area contributed by atoms with Crippen LogP contribution in [0.5, 0.6) is 0 Å². The molecule has 1 aromatic carbocycles. The van der Waals surface area contributed by atoms with Crippen LogP contribution in [-0.4, -0.2) is 46.3 Å². The zero-order valence-electron chi connectivity index (χ0n) is 14.7. The number of fused-ring (bicyclic) bond motifs is 1. The molecule has 0 saturated heterocycles. The Morgan fingerprint density at radius 2 is 2.04 bits per heavy atom. The summed E-state index contributed by atoms with van der Waals surface area (Å²) in [5.41, 5.74) is 1.86. The van der Waals surface area contributed by atoms with E-state index in [0.29, 0.717) is 11.3 Å². The molecule has 27 heavy (non-hydrogen) atoms. The first kappa shape index (κ1) is 19.0. The number of nitrogens with zero attached hydrogens (tertiary/aromatic N) is 3. The zero-order chi connectivity index (χ0) is 19.6. The minimum atomic E-state index is -3.90. The lowest BCUT2D eigenvalue weighted by Crippen LogP contribution is -2.33. The third-order valence-electron chi connectivity index (χ3n) is 4.52. The maximum atomic E-state index is 12.8. The number of benzene rings is 1. The smallest absolute Gasteiger partial charge is 0.284 e. The van der Waals surface area contributed by atoms with Crippen LogP contribution in [0, 0.1) is 5.41 Å². The number of carbonyl (C=O) groups excluding carboxylic acids is 1. The molecule has 2 heterocycles. The van der Waals surface area contributed by atoms with Crippen LogP contribution in [0.4, 0.5) is 0 Å². The molecule has 1 aliphatic rings. The van der Waals surface area contributed by atoms with E-state index in [4.69, 9.17) is 5.41 Å². The highest BCUT2D eigenvalue weighted by atomic mass is 32.2. The Hall–Kier alpha value is -2.78. The van der Waals surface area contributed by atoms with Crippen LogP contribution in [0.1, 0.15) is 29.7 Å². The number of hydrogen-bond donors (Lipinski definition) is 2. The fourth-order valence-electron chi connectivity index (χ4n) is 3.05. The van der Waals surface area contributed by atoms with Gasteiger partial charge in [-0.05, 0) is 12.5 Å². The van der Waals surface area contributed by atoms with E-state index in [0.717, 1.165) is 15.9 Å². The molecule has 0 aliphatic carbocycles. The number of amides is 1. The lowest BCUT2D eigenvalue weighted by Gasteiger charge is -2.22. The van der Waals surface area contributed by atoms with Gasteiger partial charge in [0.25, 0.3) is 10.0 Å². The van der Waals surface area contributed by atoms with E-state index in [1.54, 1.807) is 17.0 Å². The predicted octanol–water partition coefficient (Wildman–Crippen LogP) is 1.23. The number of aromatic nitrogens is 2. The molecule has 3 rings (SSSR count). The van der Waals surface area contributed by atoms with E-state index in [-0.39, 0.29) is 30.5 Å². The van der Waals surface area contributed by atoms with Gasteiger partial charge in [-0.15, -0.1) is 0 Å². The van der Waals surface area contributed by atoms with Crippen molar-refractivity contribution in [3.05, 3.63) is 64.3 Å². The third-order valence-corrected chi connectivity index (χ3v) is 6.15. The fraction of sp³-hybridized carbons (Fsp3) is 0.278. The number of hydrogen-bond acceptors (Lipinski definition) is 6. The maximum Gasteiger partial charge on any atom is 0.284 e. The molecule has 0 saturated carbocycles. The summed E-state index contributed by atoms with van der Waals surface area (Å²) in [5, 5.41) is 21.0. The first-order chi connectivity index (χ1) is 12.9. The summed E-state index contributed by atoms with van der Waals surface area (Å²) < 4.78 is 25.7. The van der Waals surface area contributed by atoms with E-state index >= 15 is 0 Å². The Labute approximate surface area is 157 Å². The van der Waals surface area contributed by atoms with Crippen LogP contribution in [0.15, 0.2) is 47.5 Å². The second-order valence-corrected chi connectivity index (χ2v) is 7.95. The number of nitrogens with one attached hydrogen (secondary N) is 1. The highest BCUT2D eigenvalue weighted by Crippen LogP contribution is 2.27. The number of carbonyl (C=O) groups is 1. The Kier molecular flexibility index (Phi) is 5.24. The molecule has 142 valence electrons. The van der Waals surface area contributed by atoms with Crippen molar-refractivity contribution in [3.8, 4) is 0 Å². The van der Waals surface area contributed by atoms with E-state index in [2.05, 4.69) is 5.10 Å². The fourth-order valence-corrected chi connectivity index (χ4v) is 4.19. The Bertz CT molecular complexity index is 972. The summed E-state index contributed by atoms with van der Waals surface area (Å²) in [4.78, 5) is 14.2. The summed E-state index contributed by atoms with van der Waals surface area (Å²) in [7, 11) is -3.90. The van der Waals surface area contributed by atoms with Gasteiger partial charge in [0.05, 0.1) is 24.8 Å². The van der Waals surface area contributed by atoms with Gasteiger partial charge in [-0.2, -0.15) is 17.6 Å². The molecule has 0 unspecified atom stereocenters. The highest BCUT2D eigenvalue weighted by molar-refractivity contribution is 7.94. The molecule has 1 aromatic heterocycles. The first-order valence-electron chi connectivity index (χ1n) is 8.36. The molecule has 0 fully saturated rings. The molecule has 0 bridgehead atoms. The molecule has 2 N–H and O–H groups in total. The van der Waals surface area contributed by atoms with Gasteiger partial charge in [0, 0.05) is 24.5 Å². The predicted molar refractivity (Wildman–Crippen MR) is 99.6 cm³/mol. The van der Waals surface area contributed by atoms with Crippen LogP contribution in [0.3, 0.4) is 0 Å². The standard InChI is InChI=1S/C18H20N4O4S/c1-2-15(8-19)27(25,26)22-10-14-9-21(11-17(14)20-22)18(24)16(12-23)13-6-4-3-5-7-13/h2-8,10,16,19,23H,9,11-12H2,1H3/b15-2+,19-8?/t16-/m1/s1. The maximum absolute atomic E-state index is 12.8. The van der Waals surface area contributed by atoms with Crippen molar-refractivity contribution in [3.63, 3.8) is 0 Å². The molecule has 1 atom stereocenters. The Balaban J connectivity index is 1.80. The van der Waals surface area contributed by atoms with Crippen molar-refractivity contribution >= 4 is 22.1 Å². The SMILES string of the molecule is C/C=C(\C=N)S(=O)(=O)n1cc2c(n1)CN(C(=O)[C@H](CO)c1ccccc1)C2. The largest absolute Gasteiger partial charge is 0.395 e. The number of aliphatic hydroxyl groups is 1. The average molecular weight is 388 g/mol. The van der Waals surface area contributed by atoms with Gasteiger partial charge in [-0.25, -0.2) is 0 Å². The summed E-state index contributed by atoms with van der Waals surface area (Å²) in [6.07, 6.45) is 3.47. The average Bonchev–Trinajstić information content (AvgIpc) is 3.23. The molecule has 1 amide bonds. The second-order valence-electron chi connectivity index (χ2n) is 6.15. The van der Waals surface area contributed by atoms with Crippen LogP contribution in [0.2, 0.25) is 0 Å². The van der Waals surface area contributed by atoms with Crippen molar-refractivity contribution in [2.45, 2.75) is 25.9 Å². The van der Waals surface area contributed by atoms with Crippen molar-refractivity contribution in [2.24, 2.45) is 0 Å². The summed E-state index contributed by atoms with van der Waals surface area (Å²) in [5.74, 6) is -0.900. The lowest BCUT2D eigenvalue weighted by molar-refractivity contribution is -0.134. The van der Waals surface area contributed by atoms with E-state index < -0.39 is 15.9 Å². The molecule has 9 heteroatoms. The highest BCUT2D eigenvalue weighted by Gasteiger charge is 2.33. The van der Waals surface area contributed by atoms with Crippen LogP contribution < -0.4 is 0 Å². The molecule has 0 spiro atoms. The molecule has 8 nitrogen and oxygen atoms in total. The first-order valence-corrected chi connectivity index (χ1v) is 9.80. The van der Waals surface area contributed by atoms with Gasteiger partial charge in [0.2, 0.25) is 5.91 Å². The van der Waals surface area contributed by atoms with Gasteiger partial charge in [-0.3, -0.25) is 4.79 Å². The van der Waals surface area contributed by atoms with E-state index in [9.17, 15) is 18.3 Å². The second kappa shape index (κ2) is 7.45. The molecule has 0 radical (unpaired) electrons. The van der Waals surface area contributed by atoms with E-state index in [1.807, 2.05) is 18.2 Å².